The van der Waals surface area contributed by atoms with E-state index in [0.29, 0.717) is 46.6 Å². The van der Waals surface area contributed by atoms with Crippen molar-refractivity contribution in [3.63, 3.8) is 0 Å². The van der Waals surface area contributed by atoms with E-state index in [-0.39, 0.29) is 17.4 Å². The van der Waals surface area contributed by atoms with E-state index in [2.05, 4.69) is 0 Å². The summed E-state index contributed by atoms with van der Waals surface area (Å²) in [5.74, 6) is 1.44. The summed E-state index contributed by atoms with van der Waals surface area (Å²) in [5.41, 5.74) is 0.982. The van der Waals surface area contributed by atoms with Gasteiger partial charge in [-0.2, -0.15) is 0 Å². The molecule has 1 aliphatic heterocycles. The maximum absolute atomic E-state index is 13.7. The van der Waals surface area contributed by atoms with Gasteiger partial charge in [0.1, 0.15) is 19.0 Å². The lowest BCUT2D eigenvalue weighted by Gasteiger charge is -2.18. The SMILES string of the molecule is O=C(CSCc1c(F)cccc1Cl)c1ccc2c(c1)OCCO2. The Kier molecular flexibility index (Phi) is 5.08. The molecule has 0 aromatic heterocycles. The Labute approximate surface area is 142 Å². The van der Waals surface area contributed by atoms with Crippen molar-refractivity contribution < 1.29 is 18.7 Å². The zero-order valence-electron chi connectivity index (χ0n) is 12.2. The third-order valence-corrected chi connectivity index (χ3v) is 4.72. The molecule has 0 radical (unpaired) electrons. The summed E-state index contributed by atoms with van der Waals surface area (Å²) in [6.45, 7) is 0.991. The molecule has 0 atom stereocenters. The van der Waals surface area contributed by atoms with E-state index in [9.17, 15) is 9.18 Å². The first-order valence-electron chi connectivity index (χ1n) is 7.08. The number of rotatable bonds is 5. The van der Waals surface area contributed by atoms with Crippen LogP contribution in [0.1, 0.15) is 15.9 Å². The third kappa shape index (κ3) is 3.79. The number of carbonyl (C=O) groups is 1. The monoisotopic (exact) mass is 352 g/mol. The Morgan fingerprint density at radius 3 is 2.74 bits per heavy atom. The molecule has 3 rings (SSSR count). The molecule has 6 heteroatoms. The highest BCUT2D eigenvalue weighted by Gasteiger charge is 2.15. The van der Waals surface area contributed by atoms with Gasteiger partial charge in [0.05, 0.1) is 5.75 Å². The third-order valence-electron chi connectivity index (χ3n) is 3.41. The number of hydrogen-bond acceptors (Lipinski definition) is 4. The minimum absolute atomic E-state index is 0.0422. The van der Waals surface area contributed by atoms with Gasteiger partial charge in [-0.15, -0.1) is 11.8 Å². The molecular formula is C17H14ClFO3S. The second kappa shape index (κ2) is 7.23. The second-order valence-electron chi connectivity index (χ2n) is 4.97. The van der Waals surface area contributed by atoms with Crippen LogP contribution in [0.5, 0.6) is 11.5 Å². The number of thioether (sulfide) groups is 1. The molecule has 120 valence electrons. The van der Waals surface area contributed by atoms with Gasteiger partial charge in [0.2, 0.25) is 0 Å². The summed E-state index contributed by atoms with van der Waals surface area (Å²) in [6.07, 6.45) is 0. The van der Waals surface area contributed by atoms with Crippen LogP contribution in [0.15, 0.2) is 36.4 Å². The number of ether oxygens (including phenoxy) is 2. The van der Waals surface area contributed by atoms with E-state index in [4.69, 9.17) is 21.1 Å². The van der Waals surface area contributed by atoms with Crippen LogP contribution in [0.4, 0.5) is 4.39 Å². The topological polar surface area (TPSA) is 35.5 Å². The molecule has 2 aromatic carbocycles. The first-order chi connectivity index (χ1) is 11.1. The van der Waals surface area contributed by atoms with Crippen LogP contribution in [0.2, 0.25) is 5.02 Å². The first-order valence-corrected chi connectivity index (χ1v) is 8.62. The van der Waals surface area contributed by atoms with Crippen LogP contribution < -0.4 is 9.47 Å². The van der Waals surface area contributed by atoms with Gasteiger partial charge in [0.15, 0.2) is 17.3 Å². The van der Waals surface area contributed by atoms with E-state index in [0.717, 1.165) is 0 Å². The van der Waals surface area contributed by atoms with Gasteiger partial charge in [-0.25, -0.2) is 4.39 Å². The van der Waals surface area contributed by atoms with Crippen molar-refractivity contribution in [2.24, 2.45) is 0 Å². The molecular weight excluding hydrogens is 339 g/mol. The number of Topliss-reactive ketones (excluding diaryl/α,β-unsaturated/α-hetero) is 1. The van der Waals surface area contributed by atoms with E-state index < -0.39 is 0 Å². The Hall–Kier alpha value is -1.72. The van der Waals surface area contributed by atoms with Crippen molar-refractivity contribution in [2.75, 3.05) is 19.0 Å². The quantitative estimate of drug-likeness (QED) is 0.749. The lowest BCUT2D eigenvalue weighted by molar-refractivity contribution is 0.102. The van der Waals surface area contributed by atoms with Crippen LogP contribution in [0.3, 0.4) is 0 Å². The molecule has 0 fully saturated rings. The smallest absolute Gasteiger partial charge is 0.172 e. The Balaban J connectivity index is 1.61. The largest absolute Gasteiger partial charge is 0.486 e. The summed E-state index contributed by atoms with van der Waals surface area (Å²) >= 11 is 7.30. The summed E-state index contributed by atoms with van der Waals surface area (Å²) < 4.78 is 24.6. The van der Waals surface area contributed by atoms with Crippen molar-refractivity contribution >= 4 is 29.1 Å². The van der Waals surface area contributed by atoms with Crippen LogP contribution in [0, 0.1) is 5.82 Å². The van der Waals surface area contributed by atoms with Gasteiger partial charge in [0.25, 0.3) is 0 Å². The molecule has 0 bridgehead atoms. The summed E-state index contributed by atoms with van der Waals surface area (Å²) in [5, 5.41) is 0.379. The molecule has 0 saturated heterocycles. The molecule has 2 aromatic rings. The summed E-state index contributed by atoms with van der Waals surface area (Å²) in [7, 11) is 0. The minimum atomic E-state index is -0.350. The predicted octanol–water partition coefficient (Wildman–Crippen LogP) is 4.37. The van der Waals surface area contributed by atoms with Crippen molar-refractivity contribution in [1.82, 2.24) is 0 Å². The van der Waals surface area contributed by atoms with E-state index in [1.807, 2.05) is 0 Å². The standard InChI is InChI=1S/C17H14ClFO3S/c18-13-2-1-3-14(19)12(13)9-23-10-15(20)11-4-5-16-17(8-11)22-7-6-21-16/h1-5,8H,6-7,9-10H2. The zero-order valence-corrected chi connectivity index (χ0v) is 13.8. The van der Waals surface area contributed by atoms with Crippen LogP contribution >= 0.6 is 23.4 Å². The number of fused-ring (bicyclic) bond motifs is 1. The van der Waals surface area contributed by atoms with E-state index in [1.165, 1.54) is 17.8 Å². The molecule has 1 heterocycles. The van der Waals surface area contributed by atoms with Crippen molar-refractivity contribution in [3.8, 4) is 11.5 Å². The van der Waals surface area contributed by atoms with E-state index >= 15 is 0 Å². The highest BCUT2D eigenvalue weighted by molar-refractivity contribution is 7.99. The minimum Gasteiger partial charge on any atom is -0.486 e. The number of ketones is 1. The Bertz CT molecular complexity index is 716. The lowest BCUT2D eigenvalue weighted by atomic mass is 10.1. The average Bonchev–Trinajstić information content (AvgIpc) is 2.57. The molecule has 23 heavy (non-hydrogen) atoms. The van der Waals surface area contributed by atoms with Gasteiger partial charge in [-0.3, -0.25) is 4.79 Å². The maximum Gasteiger partial charge on any atom is 0.172 e. The molecule has 3 nitrogen and oxygen atoms in total. The van der Waals surface area contributed by atoms with Gasteiger partial charge >= 0.3 is 0 Å². The number of halogens is 2. The van der Waals surface area contributed by atoms with Crippen LogP contribution in [-0.2, 0) is 5.75 Å². The van der Waals surface area contributed by atoms with Gasteiger partial charge in [-0.05, 0) is 30.3 Å². The summed E-state index contributed by atoms with van der Waals surface area (Å²) in [4.78, 5) is 12.2. The predicted molar refractivity (Wildman–Crippen MR) is 89.3 cm³/mol. The molecule has 0 spiro atoms. The molecule has 0 aliphatic carbocycles. The highest BCUT2D eigenvalue weighted by atomic mass is 35.5. The molecule has 1 aliphatic rings. The number of benzene rings is 2. The van der Waals surface area contributed by atoms with E-state index in [1.54, 1.807) is 30.3 Å². The first kappa shape index (κ1) is 16.1. The fourth-order valence-corrected chi connectivity index (χ4v) is 3.48. The Morgan fingerprint density at radius 2 is 1.96 bits per heavy atom. The molecule has 0 unspecified atom stereocenters. The van der Waals surface area contributed by atoms with Gasteiger partial charge in [-0.1, -0.05) is 17.7 Å². The molecule has 0 amide bonds. The highest BCUT2D eigenvalue weighted by Crippen LogP contribution is 2.31. The van der Waals surface area contributed by atoms with Crippen molar-refractivity contribution in [2.45, 2.75) is 5.75 Å². The van der Waals surface area contributed by atoms with Gasteiger partial charge < -0.3 is 9.47 Å². The van der Waals surface area contributed by atoms with Gasteiger partial charge in [0, 0.05) is 21.9 Å². The lowest BCUT2D eigenvalue weighted by Crippen LogP contribution is -2.16. The normalized spacial score (nSPS) is 13.0. The average molecular weight is 353 g/mol. The molecule has 0 N–H and O–H groups in total. The van der Waals surface area contributed by atoms with Crippen LogP contribution in [0.25, 0.3) is 0 Å². The second-order valence-corrected chi connectivity index (χ2v) is 6.37. The fourth-order valence-electron chi connectivity index (χ4n) is 2.22. The Morgan fingerprint density at radius 1 is 1.17 bits per heavy atom. The maximum atomic E-state index is 13.7. The van der Waals surface area contributed by atoms with Crippen LogP contribution in [-0.4, -0.2) is 24.7 Å². The zero-order chi connectivity index (χ0) is 16.2. The number of hydrogen-bond donors (Lipinski definition) is 0. The fraction of sp³-hybridized carbons (Fsp3) is 0.235. The van der Waals surface area contributed by atoms with Crippen molar-refractivity contribution in [3.05, 3.63) is 58.4 Å². The molecule has 0 saturated carbocycles. The number of carbonyl (C=O) groups excluding carboxylic acids is 1. The van der Waals surface area contributed by atoms with Crippen molar-refractivity contribution in [1.29, 1.82) is 0 Å². The summed E-state index contributed by atoms with van der Waals surface area (Å²) in [6, 6.07) is 9.71.